The monoisotopic (exact) mass is 403 g/mol. The standard InChI is InChI=1S/C23H37N3O3/c1-22-10-8-19(18-4-6-21(7-5-18)28-15-13-26(2)3)16-23(22,27)11-9-20(22)17-25-29-14-12-24/h4-7,17,19-20,27H,8-16,24H2,1-3H3/b25-17+/t19-,20+,22+,23-/m0/s1. The molecule has 2 saturated carbocycles. The lowest BCUT2D eigenvalue weighted by Crippen LogP contribution is -2.49. The van der Waals surface area contributed by atoms with Crippen LogP contribution >= 0.6 is 0 Å². The zero-order chi connectivity index (χ0) is 20.9. The van der Waals surface area contributed by atoms with E-state index < -0.39 is 5.60 Å². The van der Waals surface area contributed by atoms with Crippen molar-refractivity contribution >= 4 is 6.21 Å². The maximum atomic E-state index is 11.5. The van der Waals surface area contributed by atoms with Crippen molar-refractivity contribution in [2.45, 2.75) is 50.5 Å². The van der Waals surface area contributed by atoms with Crippen molar-refractivity contribution in [3.8, 4) is 5.75 Å². The van der Waals surface area contributed by atoms with Crippen LogP contribution in [0, 0.1) is 11.3 Å². The van der Waals surface area contributed by atoms with E-state index in [1.165, 1.54) is 5.56 Å². The summed E-state index contributed by atoms with van der Waals surface area (Å²) in [7, 11) is 4.08. The van der Waals surface area contributed by atoms with E-state index in [9.17, 15) is 5.11 Å². The van der Waals surface area contributed by atoms with Crippen molar-refractivity contribution in [3.05, 3.63) is 29.8 Å². The second kappa shape index (κ2) is 9.45. The molecular formula is C23H37N3O3. The molecule has 0 aliphatic heterocycles. The molecule has 0 bridgehead atoms. The minimum Gasteiger partial charge on any atom is -0.492 e. The number of likely N-dealkylation sites (N-methyl/N-ethyl adjacent to an activating group) is 1. The predicted octanol–water partition coefficient (Wildman–Crippen LogP) is 3.00. The fraction of sp³-hybridized carbons (Fsp3) is 0.696. The Balaban J connectivity index is 1.61. The average molecular weight is 404 g/mol. The Morgan fingerprint density at radius 3 is 2.66 bits per heavy atom. The highest BCUT2D eigenvalue weighted by molar-refractivity contribution is 5.62. The first-order valence-electron chi connectivity index (χ1n) is 10.8. The van der Waals surface area contributed by atoms with Gasteiger partial charge in [0.05, 0.1) is 5.60 Å². The van der Waals surface area contributed by atoms with Crippen LogP contribution in [0.4, 0.5) is 0 Å². The third-order valence-corrected chi connectivity index (χ3v) is 7.03. The Kier molecular flexibility index (Phi) is 7.19. The lowest BCUT2D eigenvalue weighted by Gasteiger charge is -2.48. The summed E-state index contributed by atoms with van der Waals surface area (Å²) in [6.07, 6.45) is 6.54. The first-order valence-corrected chi connectivity index (χ1v) is 10.8. The first-order chi connectivity index (χ1) is 13.9. The van der Waals surface area contributed by atoms with Crippen LogP contribution in [0.5, 0.6) is 5.75 Å². The number of hydrogen-bond acceptors (Lipinski definition) is 6. The molecule has 3 rings (SSSR count). The van der Waals surface area contributed by atoms with Crippen LogP contribution in [-0.4, -0.2) is 62.2 Å². The molecule has 1 aromatic rings. The van der Waals surface area contributed by atoms with Crippen molar-refractivity contribution < 1.29 is 14.7 Å². The third kappa shape index (κ3) is 4.93. The van der Waals surface area contributed by atoms with Crippen molar-refractivity contribution in [1.29, 1.82) is 0 Å². The molecule has 0 spiro atoms. The highest BCUT2D eigenvalue weighted by atomic mass is 16.6. The second-order valence-electron chi connectivity index (χ2n) is 9.13. The number of oxime groups is 1. The van der Waals surface area contributed by atoms with Gasteiger partial charge in [-0.15, -0.1) is 0 Å². The predicted molar refractivity (Wildman–Crippen MR) is 116 cm³/mol. The topological polar surface area (TPSA) is 80.3 Å². The highest BCUT2D eigenvalue weighted by Gasteiger charge is 2.58. The minimum atomic E-state index is -0.651. The molecule has 1 aromatic carbocycles. The molecule has 0 radical (unpaired) electrons. The van der Waals surface area contributed by atoms with E-state index in [2.05, 4.69) is 41.2 Å². The maximum absolute atomic E-state index is 11.5. The summed E-state index contributed by atoms with van der Waals surface area (Å²) >= 11 is 0. The van der Waals surface area contributed by atoms with Gasteiger partial charge in [-0.25, -0.2) is 0 Å². The van der Waals surface area contributed by atoms with E-state index in [1.54, 1.807) is 0 Å². The van der Waals surface area contributed by atoms with Gasteiger partial charge in [0.1, 0.15) is 19.0 Å². The van der Waals surface area contributed by atoms with E-state index in [-0.39, 0.29) is 11.3 Å². The van der Waals surface area contributed by atoms with Gasteiger partial charge >= 0.3 is 0 Å². The van der Waals surface area contributed by atoms with Crippen LogP contribution in [0.15, 0.2) is 29.4 Å². The molecule has 3 N–H and O–H groups in total. The minimum absolute atomic E-state index is 0.145. The van der Waals surface area contributed by atoms with Crippen molar-refractivity contribution in [3.63, 3.8) is 0 Å². The van der Waals surface area contributed by atoms with E-state index >= 15 is 0 Å². The normalized spacial score (nSPS) is 31.9. The Bertz CT molecular complexity index is 678. The number of nitrogens with zero attached hydrogens (tertiary/aromatic N) is 2. The number of benzene rings is 1. The van der Waals surface area contributed by atoms with Crippen molar-refractivity contribution in [2.24, 2.45) is 22.2 Å². The molecule has 0 saturated heterocycles. The van der Waals surface area contributed by atoms with Gasteiger partial charge in [0.2, 0.25) is 0 Å². The summed E-state index contributed by atoms with van der Waals surface area (Å²) < 4.78 is 5.81. The highest BCUT2D eigenvalue weighted by Crippen LogP contribution is 2.60. The molecule has 4 atom stereocenters. The van der Waals surface area contributed by atoms with Crippen LogP contribution in [0.1, 0.15) is 50.5 Å². The second-order valence-corrected chi connectivity index (χ2v) is 9.13. The fourth-order valence-corrected chi connectivity index (χ4v) is 5.01. The summed E-state index contributed by atoms with van der Waals surface area (Å²) in [5.74, 6) is 1.54. The SMILES string of the molecule is CN(C)CCOc1ccc([C@H]2CC[C@]3(C)[C@@H](/C=N/OCCN)CC[C@]3(O)C2)cc1. The average Bonchev–Trinajstić information content (AvgIpc) is 2.96. The van der Waals surface area contributed by atoms with Crippen LogP contribution in [-0.2, 0) is 4.84 Å². The first kappa shape index (κ1) is 22.1. The molecule has 162 valence electrons. The van der Waals surface area contributed by atoms with E-state index in [0.29, 0.717) is 25.7 Å². The molecule has 0 aromatic heterocycles. The van der Waals surface area contributed by atoms with Crippen LogP contribution in [0.3, 0.4) is 0 Å². The zero-order valence-electron chi connectivity index (χ0n) is 18.1. The smallest absolute Gasteiger partial charge is 0.129 e. The zero-order valence-corrected chi connectivity index (χ0v) is 18.1. The van der Waals surface area contributed by atoms with Gasteiger partial charge < -0.3 is 25.3 Å². The van der Waals surface area contributed by atoms with Gasteiger partial charge in [0.25, 0.3) is 0 Å². The van der Waals surface area contributed by atoms with Gasteiger partial charge in [-0.1, -0.05) is 24.2 Å². The van der Waals surface area contributed by atoms with Crippen LogP contribution in [0.25, 0.3) is 0 Å². The number of ether oxygens (including phenoxy) is 1. The molecule has 0 heterocycles. The fourth-order valence-electron chi connectivity index (χ4n) is 5.01. The number of aliphatic hydroxyl groups is 1. The molecule has 0 unspecified atom stereocenters. The van der Waals surface area contributed by atoms with Crippen LogP contribution in [0.2, 0.25) is 0 Å². The summed E-state index contributed by atoms with van der Waals surface area (Å²) in [4.78, 5) is 7.30. The van der Waals surface area contributed by atoms with E-state index in [4.69, 9.17) is 15.3 Å². The summed E-state index contributed by atoms with van der Waals surface area (Å²) in [5.41, 5.74) is 5.94. The van der Waals surface area contributed by atoms with E-state index in [0.717, 1.165) is 44.4 Å². The molecule has 0 amide bonds. The quantitative estimate of drug-likeness (QED) is 0.376. The summed E-state index contributed by atoms with van der Waals surface area (Å²) in [6.45, 7) is 4.70. The van der Waals surface area contributed by atoms with Crippen LogP contribution < -0.4 is 10.5 Å². The van der Waals surface area contributed by atoms with Gasteiger partial charge in [0.15, 0.2) is 0 Å². The lowest BCUT2D eigenvalue weighted by molar-refractivity contribution is -0.0959. The third-order valence-electron chi connectivity index (χ3n) is 7.03. The maximum Gasteiger partial charge on any atom is 0.129 e. The van der Waals surface area contributed by atoms with E-state index in [1.807, 2.05) is 20.3 Å². The molecule has 2 fully saturated rings. The molecule has 2 aliphatic carbocycles. The lowest BCUT2D eigenvalue weighted by atomic mass is 9.59. The molecular weight excluding hydrogens is 366 g/mol. The van der Waals surface area contributed by atoms with Gasteiger partial charge in [-0.2, -0.15) is 0 Å². The van der Waals surface area contributed by atoms with Gasteiger partial charge in [-0.05, 0) is 69.8 Å². The Morgan fingerprint density at radius 1 is 1.21 bits per heavy atom. The molecule has 2 aliphatic rings. The largest absolute Gasteiger partial charge is 0.492 e. The Hall–Kier alpha value is -1.63. The van der Waals surface area contributed by atoms with Gasteiger partial charge in [-0.3, -0.25) is 0 Å². The van der Waals surface area contributed by atoms with Crippen molar-refractivity contribution in [1.82, 2.24) is 4.90 Å². The summed E-state index contributed by atoms with van der Waals surface area (Å²) in [6, 6.07) is 8.44. The number of hydrogen-bond donors (Lipinski definition) is 2. The van der Waals surface area contributed by atoms with Gasteiger partial charge in [0, 0.05) is 30.6 Å². The molecule has 6 heteroatoms. The summed E-state index contributed by atoms with van der Waals surface area (Å²) in [5, 5.41) is 15.6. The molecule has 6 nitrogen and oxygen atoms in total. The van der Waals surface area contributed by atoms with Crippen molar-refractivity contribution in [2.75, 3.05) is 40.4 Å². The number of fused-ring (bicyclic) bond motifs is 1. The molecule has 29 heavy (non-hydrogen) atoms. The number of rotatable bonds is 9. The Morgan fingerprint density at radius 2 is 1.97 bits per heavy atom. The number of nitrogens with two attached hydrogens (primary N) is 1. The Labute approximate surface area is 175 Å².